The Balaban J connectivity index is 1.62. The highest BCUT2D eigenvalue weighted by molar-refractivity contribution is 6.00. The molecule has 1 atom stereocenters. The molecule has 132 valence electrons. The largest absolute Gasteiger partial charge is 0.356 e. The molecule has 4 rings (SSSR count). The third-order valence-electron chi connectivity index (χ3n) is 4.93. The summed E-state index contributed by atoms with van der Waals surface area (Å²) in [5, 5.41) is 4.01. The van der Waals surface area contributed by atoms with Crippen LogP contribution in [0, 0.1) is 0 Å². The van der Waals surface area contributed by atoms with Crippen LogP contribution in [0.2, 0.25) is 0 Å². The van der Waals surface area contributed by atoms with E-state index in [9.17, 15) is 4.79 Å². The number of carbonyl (C=O) groups excluding carboxylic acids is 1. The first-order chi connectivity index (χ1) is 12.7. The van der Waals surface area contributed by atoms with Crippen molar-refractivity contribution < 1.29 is 4.79 Å². The first kappa shape index (κ1) is 16.5. The maximum absolute atomic E-state index is 12.7. The summed E-state index contributed by atoms with van der Waals surface area (Å²) in [5.74, 6) is 0.845. The minimum Gasteiger partial charge on any atom is -0.356 e. The van der Waals surface area contributed by atoms with Crippen molar-refractivity contribution in [2.24, 2.45) is 0 Å². The Morgan fingerprint density at radius 1 is 1.08 bits per heavy atom. The van der Waals surface area contributed by atoms with Crippen molar-refractivity contribution in [2.75, 3.05) is 18.0 Å². The molecule has 1 aliphatic rings. The lowest BCUT2D eigenvalue weighted by atomic mass is 10.1. The molecule has 2 aromatic carbocycles. The van der Waals surface area contributed by atoms with E-state index in [1.54, 1.807) is 6.33 Å². The van der Waals surface area contributed by atoms with Crippen molar-refractivity contribution in [1.29, 1.82) is 0 Å². The maximum Gasteiger partial charge on any atom is 0.251 e. The average molecular weight is 346 g/mol. The Kier molecular flexibility index (Phi) is 4.52. The van der Waals surface area contributed by atoms with Gasteiger partial charge in [-0.2, -0.15) is 0 Å². The molecule has 0 radical (unpaired) electrons. The third kappa shape index (κ3) is 3.25. The molecule has 1 aliphatic heterocycles. The van der Waals surface area contributed by atoms with E-state index >= 15 is 0 Å². The predicted octanol–water partition coefficient (Wildman–Crippen LogP) is 3.72. The molecule has 1 saturated heterocycles. The second-order valence-electron chi connectivity index (χ2n) is 6.73. The number of carbonyl (C=O) groups is 1. The van der Waals surface area contributed by atoms with Gasteiger partial charge in [0.1, 0.15) is 12.1 Å². The lowest BCUT2D eigenvalue weighted by Crippen LogP contribution is -2.26. The summed E-state index contributed by atoms with van der Waals surface area (Å²) in [6, 6.07) is 15.6. The van der Waals surface area contributed by atoms with E-state index in [0.717, 1.165) is 35.4 Å². The standard InChI is InChI=1S/C21H22N4O/c1-15(16-7-3-2-4-8-16)24-21(26)17-9-10-19-18(13-17)20(23-14-22-19)25-11-5-6-12-25/h2-4,7-10,13-15H,5-6,11-12H2,1H3,(H,24,26)/t15-/m1/s1. The van der Waals surface area contributed by atoms with E-state index in [-0.39, 0.29) is 11.9 Å². The molecule has 26 heavy (non-hydrogen) atoms. The molecule has 0 aliphatic carbocycles. The molecule has 2 heterocycles. The number of nitrogens with one attached hydrogen (secondary N) is 1. The number of hydrogen-bond acceptors (Lipinski definition) is 4. The molecule has 0 saturated carbocycles. The van der Waals surface area contributed by atoms with Gasteiger partial charge in [0, 0.05) is 24.0 Å². The molecular weight excluding hydrogens is 324 g/mol. The zero-order valence-corrected chi connectivity index (χ0v) is 14.9. The van der Waals surface area contributed by atoms with Crippen LogP contribution < -0.4 is 10.2 Å². The van der Waals surface area contributed by atoms with E-state index in [1.165, 1.54) is 12.8 Å². The number of hydrogen-bond donors (Lipinski definition) is 1. The molecule has 1 aromatic heterocycles. The number of rotatable bonds is 4. The monoisotopic (exact) mass is 346 g/mol. The minimum absolute atomic E-state index is 0.0514. The average Bonchev–Trinajstić information content (AvgIpc) is 3.22. The van der Waals surface area contributed by atoms with Crippen molar-refractivity contribution in [3.8, 4) is 0 Å². The summed E-state index contributed by atoms with van der Waals surface area (Å²) in [7, 11) is 0. The number of nitrogens with zero attached hydrogens (tertiary/aromatic N) is 3. The van der Waals surface area contributed by atoms with Crippen LogP contribution in [0.1, 0.15) is 41.7 Å². The second-order valence-corrected chi connectivity index (χ2v) is 6.73. The van der Waals surface area contributed by atoms with E-state index < -0.39 is 0 Å². The maximum atomic E-state index is 12.7. The van der Waals surface area contributed by atoms with Gasteiger partial charge in [0.15, 0.2) is 0 Å². The van der Waals surface area contributed by atoms with Gasteiger partial charge < -0.3 is 10.2 Å². The zero-order valence-electron chi connectivity index (χ0n) is 14.9. The normalized spacial score (nSPS) is 15.2. The fourth-order valence-electron chi connectivity index (χ4n) is 3.47. The quantitative estimate of drug-likeness (QED) is 0.782. The number of amides is 1. The van der Waals surface area contributed by atoms with Gasteiger partial charge in [-0.25, -0.2) is 9.97 Å². The summed E-state index contributed by atoms with van der Waals surface area (Å²) in [5.41, 5.74) is 2.59. The Morgan fingerprint density at radius 2 is 1.85 bits per heavy atom. The lowest BCUT2D eigenvalue weighted by Gasteiger charge is -2.18. The van der Waals surface area contributed by atoms with Gasteiger partial charge in [-0.15, -0.1) is 0 Å². The lowest BCUT2D eigenvalue weighted by molar-refractivity contribution is 0.0940. The topological polar surface area (TPSA) is 58.1 Å². The molecule has 1 fully saturated rings. The van der Waals surface area contributed by atoms with Crippen LogP contribution in [0.15, 0.2) is 54.9 Å². The number of anilines is 1. The Hall–Kier alpha value is -2.95. The van der Waals surface area contributed by atoms with Crippen molar-refractivity contribution in [1.82, 2.24) is 15.3 Å². The molecule has 0 unspecified atom stereocenters. The van der Waals surface area contributed by atoms with Crippen LogP contribution in [0.3, 0.4) is 0 Å². The number of benzene rings is 2. The van der Waals surface area contributed by atoms with Gasteiger partial charge >= 0.3 is 0 Å². The first-order valence-electron chi connectivity index (χ1n) is 9.08. The highest BCUT2D eigenvalue weighted by atomic mass is 16.1. The molecular formula is C21H22N4O. The van der Waals surface area contributed by atoms with Crippen LogP contribution >= 0.6 is 0 Å². The van der Waals surface area contributed by atoms with E-state index in [0.29, 0.717) is 5.56 Å². The predicted molar refractivity (Wildman–Crippen MR) is 103 cm³/mol. The van der Waals surface area contributed by atoms with Gasteiger partial charge in [0.2, 0.25) is 0 Å². The van der Waals surface area contributed by atoms with Crippen molar-refractivity contribution in [2.45, 2.75) is 25.8 Å². The molecule has 1 N–H and O–H groups in total. The molecule has 3 aromatic rings. The van der Waals surface area contributed by atoms with Crippen LogP contribution in [0.5, 0.6) is 0 Å². The van der Waals surface area contributed by atoms with Crippen LogP contribution in [-0.2, 0) is 0 Å². The SMILES string of the molecule is C[C@@H](NC(=O)c1ccc2ncnc(N3CCCC3)c2c1)c1ccccc1. The summed E-state index contributed by atoms with van der Waals surface area (Å²) in [6.07, 6.45) is 3.97. The Morgan fingerprint density at radius 3 is 2.62 bits per heavy atom. The van der Waals surface area contributed by atoms with E-state index in [1.807, 2.05) is 55.5 Å². The fourth-order valence-corrected chi connectivity index (χ4v) is 3.47. The summed E-state index contributed by atoms with van der Waals surface area (Å²) >= 11 is 0. The fraction of sp³-hybridized carbons (Fsp3) is 0.286. The van der Waals surface area contributed by atoms with Crippen molar-refractivity contribution >= 4 is 22.6 Å². The molecule has 0 spiro atoms. The smallest absolute Gasteiger partial charge is 0.251 e. The van der Waals surface area contributed by atoms with E-state index in [2.05, 4.69) is 20.2 Å². The van der Waals surface area contributed by atoms with Crippen LogP contribution in [0.25, 0.3) is 10.9 Å². The Bertz CT molecular complexity index is 920. The third-order valence-corrected chi connectivity index (χ3v) is 4.93. The summed E-state index contributed by atoms with van der Waals surface area (Å²) < 4.78 is 0. The highest BCUT2D eigenvalue weighted by Gasteiger charge is 2.18. The summed E-state index contributed by atoms with van der Waals surface area (Å²) in [4.78, 5) is 23.8. The number of aromatic nitrogens is 2. The van der Waals surface area contributed by atoms with Crippen LogP contribution in [0.4, 0.5) is 5.82 Å². The second kappa shape index (κ2) is 7.12. The van der Waals surface area contributed by atoms with Gasteiger partial charge in [-0.3, -0.25) is 4.79 Å². The van der Waals surface area contributed by atoms with Crippen LogP contribution in [-0.4, -0.2) is 29.0 Å². The molecule has 5 nitrogen and oxygen atoms in total. The Labute approximate surface area is 153 Å². The molecule has 0 bridgehead atoms. The first-order valence-corrected chi connectivity index (χ1v) is 9.08. The van der Waals surface area contributed by atoms with Crippen molar-refractivity contribution in [3.05, 3.63) is 66.0 Å². The van der Waals surface area contributed by atoms with Gasteiger partial charge in [-0.05, 0) is 43.5 Å². The van der Waals surface area contributed by atoms with Crippen molar-refractivity contribution in [3.63, 3.8) is 0 Å². The van der Waals surface area contributed by atoms with Gasteiger partial charge in [0.05, 0.1) is 11.6 Å². The van der Waals surface area contributed by atoms with Gasteiger partial charge in [-0.1, -0.05) is 30.3 Å². The molecule has 1 amide bonds. The van der Waals surface area contributed by atoms with Gasteiger partial charge in [0.25, 0.3) is 5.91 Å². The highest BCUT2D eigenvalue weighted by Crippen LogP contribution is 2.27. The van der Waals surface area contributed by atoms with E-state index in [4.69, 9.17) is 0 Å². The minimum atomic E-state index is -0.0838. The summed E-state index contributed by atoms with van der Waals surface area (Å²) in [6.45, 7) is 4.01. The zero-order chi connectivity index (χ0) is 17.9. The number of fused-ring (bicyclic) bond motifs is 1. The molecule has 5 heteroatoms.